The fourth-order valence-electron chi connectivity index (χ4n) is 3.57. The lowest BCUT2D eigenvalue weighted by Crippen LogP contribution is -2.50. The molecule has 8 nitrogen and oxygen atoms in total. The normalized spacial score (nSPS) is 15.8. The molecule has 9 heteroatoms. The molecule has 0 saturated carbocycles. The zero-order valence-electron chi connectivity index (χ0n) is 18.5. The third kappa shape index (κ3) is 6.77. The van der Waals surface area contributed by atoms with Gasteiger partial charge in [0, 0.05) is 26.2 Å². The van der Waals surface area contributed by atoms with E-state index in [4.69, 9.17) is 9.47 Å². The molecule has 1 atom stereocenters. The van der Waals surface area contributed by atoms with Crippen molar-refractivity contribution in [1.82, 2.24) is 14.9 Å². The minimum Gasteiger partial charge on any atom is -0.495 e. The summed E-state index contributed by atoms with van der Waals surface area (Å²) in [4.78, 5) is 15.2. The first-order chi connectivity index (χ1) is 15.4. The maximum atomic E-state index is 13.2. The molecule has 2 aromatic rings. The Bertz CT molecular complexity index is 992. The van der Waals surface area contributed by atoms with E-state index in [-0.39, 0.29) is 23.0 Å². The molecule has 0 radical (unpaired) electrons. The van der Waals surface area contributed by atoms with Crippen molar-refractivity contribution < 1.29 is 22.7 Å². The summed E-state index contributed by atoms with van der Waals surface area (Å²) in [5, 5.41) is 2.88. The summed E-state index contributed by atoms with van der Waals surface area (Å²) in [6, 6.07) is 13.3. The van der Waals surface area contributed by atoms with Crippen molar-refractivity contribution >= 4 is 15.9 Å². The number of hydrogen-bond donors (Lipinski definition) is 2. The zero-order chi connectivity index (χ0) is 23.0. The SMILES string of the molecule is COc1ccc(C)cc1S(=O)(=O)N[C@@H](Cc1ccccc1)C(=O)NCCN1CCOCC1. The molecule has 0 aromatic heterocycles. The molecule has 1 aliphatic rings. The van der Waals surface area contributed by atoms with Crippen LogP contribution in [-0.2, 0) is 26.0 Å². The van der Waals surface area contributed by atoms with Crippen LogP contribution in [0.15, 0.2) is 53.4 Å². The predicted octanol–water partition coefficient (Wildman–Crippen LogP) is 1.34. The van der Waals surface area contributed by atoms with Crippen molar-refractivity contribution in [1.29, 1.82) is 0 Å². The molecule has 1 heterocycles. The molecule has 0 spiro atoms. The Balaban J connectivity index is 1.74. The molecule has 0 unspecified atom stereocenters. The van der Waals surface area contributed by atoms with Gasteiger partial charge in [0.2, 0.25) is 15.9 Å². The van der Waals surface area contributed by atoms with Crippen molar-refractivity contribution in [3.05, 3.63) is 59.7 Å². The van der Waals surface area contributed by atoms with Crippen LogP contribution in [0.5, 0.6) is 5.75 Å². The number of benzene rings is 2. The smallest absolute Gasteiger partial charge is 0.244 e. The second-order valence-corrected chi connectivity index (χ2v) is 9.45. The number of methoxy groups -OCH3 is 1. The van der Waals surface area contributed by atoms with Gasteiger partial charge in [-0.05, 0) is 36.6 Å². The number of sulfonamides is 1. The van der Waals surface area contributed by atoms with Crippen molar-refractivity contribution in [3.8, 4) is 5.75 Å². The number of morpholine rings is 1. The fraction of sp³-hybridized carbons (Fsp3) is 0.435. The topological polar surface area (TPSA) is 97.0 Å². The molecule has 1 aliphatic heterocycles. The molecule has 1 amide bonds. The first-order valence-electron chi connectivity index (χ1n) is 10.7. The Kier molecular flexibility index (Phi) is 8.63. The fourth-order valence-corrected chi connectivity index (χ4v) is 5.02. The Morgan fingerprint density at radius 1 is 1.16 bits per heavy atom. The maximum Gasteiger partial charge on any atom is 0.244 e. The molecule has 32 heavy (non-hydrogen) atoms. The largest absolute Gasteiger partial charge is 0.495 e. The Morgan fingerprint density at radius 3 is 2.56 bits per heavy atom. The molecule has 1 saturated heterocycles. The molecule has 0 bridgehead atoms. The number of carbonyl (C=O) groups excluding carboxylic acids is 1. The van der Waals surface area contributed by atoms with E-state index in [0.29, 0.717) is 26.3 Å². The van der Waals surface area contributed by atoms with Gasteiger partial charge in [0.1, 0.15) is 16.7 Å². The average Bonchev–Trinajstić information content (AvgIpc) is 2.80. The van der Waals surface area contributed by atoms with Gasteiger partial charge in [0.15, 0.2) is 0 Å². The van der Waals surface area contributed by atoms with Crippen LogP contribution in [0.3, 0.4) is 0 Å². The lowest BCUT2D eigenvalue weighted by atomic mass is 10.1. The van der Waals surface area contributed by atoms with E-state index in [1.807, 2.05) is 30.3 Å². The van der Waals surface area contributed by atoms with Crippen LogP contribution >= 0.6 is 0 Å². The monoisotopic (exact) mass is 461 g/mol. The Hall–Kier alpha value is -2.46. The van der Waals surface area contributed by atoms with Gasteiger partial charge in [0.25, 0.3) is 0 Å². The van der Waals surface area contributed by atoms with Crippen LogP contribution < -0.4 is 14.8 Å². The van der Waals surface area contributed by atoms with Crippen LogP contribution in [0.25, 0.3) is 0 Å². The van der Waals surface area contributed by atoms with Crippen molar-refractivity contribution in [2.45, 2.75) is 24.3 Å². The van der Waals surface area contributed by atoms with Crippen LogP contribution in [0.4, 0.5) is 0 Å². The summed E-state index contributed by atoms with van der Waals surface area (Å²) in [6.45, 7) is 5.93. The van der Waals surface area contributed by atoms with Crippen molar-refractivity contribution in [2.24, 2.45) is 0 Å². The lowest BCUT2D eigenvalue weighted by Gasteiger charge is -2.27. The molecular weight excluding hydrogens is 430 g/mol. The number of ether oxygens (including phenoxy) is 2. The summed E-state index contributed by atoms with van der Waals surface area (Å²) in [7, 11) is -2.58. The molecule has 174 valence electrons. The zero-order valence-corrected chi connectivity index (χ0v) is 19.4. The first kappa shape index (κ1) is 24.2. The van der Waals surface area contributed by atoms with E-state index in [9.17, 15) is 13.2 Å². The van der Waals surface area contributed by atoms with Gasteiger partial charge in [-0.1, -0.05) is 36.4 Å². The third-order valence-corrected chi connectivity index (χ3v) is 6.83. The molecular formula is C23H31N3O5S. The second kappa shape index (κ2) is 11.4. The number of nitrogens with zero attached hydrogens (tertiary/aromatic N) is 1. The van der Waals surface area contributed by atoms with Crippen molar-refractivity contribution in [2.75, 3.05) is 46.5 Å². The second-order valence-electron chi connectivity index (χ2n) is 7.76. The Morgan fingerprint density at radius 2 is 1.88 bits per heavy atom. The number of rotatable bonds is 10. The lowest BCUT2D eigenvalue weighted by molar-refractivity contribution is -0.122. The summed E-state index contributed by atoms with van der Waals surface area (Å²) in [6.07, 6.45) is 0.234. The van der Waals surface area contributed by atoms with Crippen molar-refractivity contribution in [3.63, 3.8) is 0 Å². The highest BCUT2D eigenvalue weighted by Crippen LogP contribution is 2.25. The van der Waals surface area contributed by atoms with Crippen LogP contribution in [0.1, 0.15) is 11.1 Å². The van der Waals surface area contributed by atoms with E-state index in [2.05, 4.69) is 14.9 Å². The minimum atomic E-state index is -4.00. The van der Waals surface area contributed by atoms with Crippen LogP contribution in [0.2, 0.25) is 0 Å². The van der Waals surface area contributed by atoms with Gasteiger partial charge < -0.3 is 14.8 Å². The minimum absolute atomic E-state index is 0.0131. The van der Waals surface area contributed by atoms with E-state index in [0.717, 1.165) is 24.2 Å². The van der Waals surface area contributed by atoms with E-state index in [1.165, 1.54) is 13.2 Å². The van der Waals surface area contributed by atoms with Crippen LogP contribution in [0, 0.1) is 6.92 Å². The summed E-state index contributed by atoms with van der Waals surface area (Å²) >= 11 is 0. The average molecular weight is 462 g/mol. The highest BCUT2D eigenvalue weighted by Gasteiger charge is 2.28. The van der Waals surface area contributed by atoms with Gasteiger partial charge in [-0.3, -0.25) is 9.69 Å². The molecule has 3 rings (SSSR count). The highest BCUT2D eigenvalue weighted by atomic mass is 32.2. The number of carbonyl (C=O) groups is 1. The van der Waals surface area contributed by atoms with Gasteiger partial charge in [0.05, 0.1) is 20.3 Å². The maximum absolute atomic E-state index is 13.2. The quantitative estimate of drug-likeness (QED) is 0.554. The Labute approximate surface area is 190 Å². The molecule has 2 aromatic carbocycles. The van der Waals surface area contributed by atoms with Gasteiger partial charge in [-0.25, -0.2) is 8.42 Å². The highest BCUT2D eigenvalue weighted by molar-refractivity contribution is 7.89. The number of hydrogen-bond acceptors (Lipinski definition) is 6. The standard InChI is InChI=1S/C23H31N3O5S/c1-18-8-9-21(30-2)22(16-18)32(28,29)25-20(17-19-6-4-3-5-7-19)23(27)24-10-11-26-12-14-31-15-13-26/h3-9,16,20,25H,10-15,17H2,1-2H3,(H,24,27)/t20-/m0/s1. The predicted molar refractivity (Wildman–Crippen MR) is 122 cm³/mol. The van der Waals surface area contributed by atoms with Crippen LogP contribution in [-0.4, -0.2) is 71.8 Å². The van der Waals surface area contributed by atoms with Gasteiger partial charge in [-0.15, -0.1) is 0 Å². The van der Waals surface area contributed by atoms with E-state index < -0.39 is 16.1 Å². The van der Waals surface area contributed by atoms with Gasteiger partial charge in [-0.2, -0.15) is 4.72 Å². The van der Waals surface area contributed by atoms with E-state index >= 15 is 0 Å². The third-order valence-electron chi connectivity index (χ3n) is 5.34. The summed E-state index contributed by atoms with van der Waals surface area (Å²) in [5.74, 6) is -0.133. The summed E-state index contributed by atoms with van der Waals surface area (Å²) < 4.78 is 39.6. The summed E-state index contributed by atoms with van der Waals surface area (Å²) in [5.41, 5.74) is 1.64. The number of nitrogens with one attached hydrogen (secondary N) is 2. The molecule has 0 aliphatic carbocycles. The number of amides is 1. The molecule has 1 fully saturated rings. The van der Waals surface area contributed by atoms with E-state index in [1.54, 1.807) is 19.1 Å². The molecule has 2 N–H and O–H groups in total. The van der Waals surface area contributed by atoms with Gasteiger partial charge >= 0.3 is 0 Å². The first-order valence-corrected chi connectivity index (χ1v) is 12.2. The number of aryl methyl sites for hydroxylation is 1.